The molecule has 1 saturated heterocycles. The second kappa shape index (κ2) is 7.61. The number of nitrogens with zero attached hydrogens (tertiary/aromatic N) is 2. The standard InChI is InChI=1S/C19H23N3O3S/c23-17-10-13(11-22(17)14-6-3-1-2-4-7-14)18(24)21-19-20-15(12-26-19)16-8-5-9-25-16/h5,8-9,12-14H,1-4,6-7,10-11H2,(H,20,21,24)/t13-/m0/s1. The maximum atomic E-state index is 12.6. The van der Waals surface area contributed by atoms with Crippen molar-refractivity contribution in [2.45, 2.75) is 51.0 Å². The molecule has 2 aromatic rings. The number of hydrogen-bond donors (Lipinski definition) is 1. The monoisotopic (exact) mass is 373 g/mol. The zero-order valence-corrected chi connectivity index (χ0v) is 15.5. The Bertz CT molecular complexity index is 763. The fourth-order valence-electron chi connectivity index (χ4n) is 3.91. The average Bonchev–Trinajstić information content (AvgIpc) is 3.34. The van der Waals surface area contributed by atoms with E-state index >= 15 is 0 Å². The summed E-state index contributed by atoms with van der Waals surface area (Å²) in [6.07, 6.45) is 8.91. The number of thiazole rings is 1. The Kier molecular flexibility index (Phi) is 5.06. The maximum absolute atomic E-state index is 12.6. The van der Waals surface area contributed by atoms with Crippen LogP contribution in [0.5, 0.6) is 0 Å². The SMILES string of the molecule is O=C(Nc1nc(-c2ccco2)cs1)[C@H]1CC(=O)N(C2CCCCCC2)C1. The molecule has 2 fully saturated rings. The highest BCUT2D eigenvalue weighted by molar-refractivity contribution is 7.14. The Morgan fingerprint density at radius 3 is 2.81 bits per heavy atom. The number of nitrogens with one attached hydrogen (secondary N) is 1. The first-order chi connectivity index (χ1) is 12.7. The Hall–Kier alpha value is -2.15. The van der Waals surface area contributed by atoms with Crippen LogP contribution in [-0.2, 0) is 9.59 Å². The minimum absolute atomic E-state index is 0.116. The number of amides is 2. The van der Waals surface area contributed by atoms with Crippen LogP contribution in [0.4, 0.5) is 5.13 Å². The Morgan fingerprint density at radius 2 is 2.08 bits per heavy atom. The van der Waals surface area contributed by atoms with Gasteiger partial charge < -0.3 is 14.6 Å². The Balaban J connectivity index is 1.37. The molecule has 1 aliphatic heterocycles. The lowest BCUT2D eigenvalue weighted by atomic mass is 10.1. The highest BCUT2D eigenvalue weighted by Crippen LogP contribution is 2.30. The maximum Gasteiger partial charge on any atom is 0.231 e. The van der Waals surface area contributed by atoms with Crippen LogP contribution in [0.1, 0.15) is 44.9 Å². The van der Waals surface area contributed by atoms with Crippen molar-refractivity contribution in [2.24, 2.45) is 5.92 Å². The predicted molar refractivity (Wildman–Crippen MR) is 99.8 cm³/mol. The quantitative estimate of drug-likeness (QED) is 0.825. The van der Waals surface area contributed by atoms with E-state index in [0.29, 0.717) is 35.6 Å². The summed E-state index contributed by atoms with van der Waals surface area (Å²) in [5, 5.41) is 5.27. The summed E-state index contributed by atoms with van der Waals surface area (Å²) in [6.45, 7) is 0.533. The molecular formula is C19H23N3O3S. The van der Waals surface area contributed by atoms with E-state index in [0.717, 1.165) is 12.8 Å². The molecule has 1 saturated carbocycles. The van der Waals surface area contributed by atoms with Crippen molar-refractivity contribution < 1.29 is 14.0 Å². The highest BCUT2D eigenvalue weighted by Gasteiger charge is 2.38. The number of likely N-dealkylation sites (tertiary alicyclic amines) is 1. The van der Waals surface area contributed by atoms with Crippen LogP contribution in [0.15, 0.2) is 28.2 Å². The zero-order valence-electron chi connectivity index (χ0n) is 14.6. The molecular weight excluding hydrogens is 350 g/mol. The van der Waals surface area contributed by atoms with Crippen LogP contribution in [0, 0.1) is 5.92 Å². The van der Waals surface area contributed by atoms with Crippen LogP contribution in [0.2, 0.25) is 0 Å². The lowest BCUT2D eigenvalue weighted by Crippen LogP contribution is -2.37. The molecule has 7 heteroatoms. The first kappa shape index (κ1) is 17.3. The molecule has 0 spiro atoms. The second-order valence-electron chi connectivity index (χ2n) is 7.10. The van der Waals surface area contributed by atoms with Gasteiger partial charge in [-0.25, -0.2) is 4.98 Å². The molecule has 1 N–H and O–H groups in total. The molecule has 0 radical (unpaired) electrons. The third kappa shape index (κ3) is 3.67. The first-order valence-electron chi connectivity index (χ1n) is 9.30. The van der Waals surface area contributed by atoms with Gasteiger partial charge in [-0.2, -0.15) is 0 Å². The lowest BCUT2D eigenvalue weighted by Gasteiger charge is -2.27. The van der Waals surface area contributed by atoms with Crippen LogP contribution in [-0.4, -0.2) is 34.3 Å². The summed E-state index contributed by atoms with van der Waals surface area (Å²) < 4.78 is 5.32. The summed E-state index contributed by atoms with van der Waals surface area (Å²) in [7, 11) is 0. The summed E-state index contributed by atoms with van der Waals surface area (Å²) in [6, 6.07) is 3.95. The molecule has 2 aliphatic rings. The van der Waals surface area contributed by atoms with Gasteiger partial charge in [0, 0.05) is 24.4 Å². The number of aromatic nitrogens is 1. The molecule has 138 valence electrons. The van der Waals surface area contributed by atoms with Gasteiger partial charge in [0.1, 0.15) is 5.69 Å². The third-order valence-electron chi connectivity index (χ3n) is 5.30. The van der Waals surface area contributed by atoms with Gasteiger partial charge in [-0.05, 0) is 25.0 Å². The van der Waals surface area contributed by atoms with Crippen molar-refractivity contribution in [2.75, 3.05) is 11.9 Å². The van der Waals surface area contributed by atoms with Crippen molar-refractivity contribution in [3.8, 4) is 11.5 Å². The zero-order chi connectivity index (χ0) is 17.9. The molecule has 0 unspecified atom stereocenters. The molecule has 4 rings (SSSR count). The van der Waals surface area contributed by atoms with Crippen molar-refractivity contribution in [3.63, 3.8) is 0 Å². The van der Waals surface area contributed by atoms with Gasteiger partial charge in [0.25, 0.3) is 0 Å². The van der Waals surface area contributed by atoms with Crippen molar-refractivity contribution >= 4 is 28.3 Å². The van der Waals surface area contributed by atoms with E-state index in [2.05, 4.69) is 10.3 Å². The summed E-state index contributed by atoms with van der Waals surface area (Å²) >= 11 is 1.37. The molecule has 2 amide bonds. The summed E-state index contributed by atoms with van der Waals surface area (Å²) in [5.41, 5.74) is 0.706. The number of carbonyl (C=O) groups is 2. The largest absolute Gasteiger partial charge is 0.463 e. The average molecular weight is 373 g/mol. The predicted octanol–water partition coefficient (Wildman–Crippen LogP) is 3.91. The van der Waals surface area contributed by atoms with Gasteiger partial charge in [0.05, 0.1) is 12.2 Å². The molecule has 1 atom stereocenters. The van der Waals surface area contributed by atoms with Crippen molar-refractivity contribution in [1.82, 2.24) is 9.88 Å². The molecule has 6 nitrogen and oxygen atoms in total. The van der Waals surface area contributed by atoms with E-state index in [-0.39, 0.29) is 17.7 Å². The smallest absolute Gasteiger partial charge is 0.231 e. The number of carbonyl (C=O) groups excluding carboxylic acids is 2. The normalized spacial score (nSPS) is 21.8. The first-order valence-corrected chi connectivity index (χ1v) is 10.2. The number of furan rings is 1. The molecule has 0 bridgehead atoms. The number of anilines is 1. The van der Waals surface area contributed by atoms with Gasteiger partial charge in [0.15, 0.2) is 10.9 Å². The van der Waals surface area contributed by atoms with Gasteiger partial charge >= 0.3 is 0 Å². The Morgan fingerprint density at radius 1 is 1.27 bits per heavy atom. The molecule has 2 aromatic heterocycles. The van der Waals surface area contributed by atoms with E-state index in [9.17, 15) is 9.59 Å². The summed E-state index contributed by atoms with van der Waals surface area (Å²) in [4.78, 5) is 31.4. The van der Waals surface area contributed by atoms with E-state index in [1.54, 1.807) is 12.3 Å². The van der Waals surface area contributed by atoms with Crippen LogP contribution in [0.3, 0.4) is 0 Å². The molecule has 0 aromatic carbocycles. The van der Waals surface area contributed by atoms with Gasteiger partial charge in [-0.15, -0.1) is 11.3 Å². The van der Waals surface area contributed by atoms with Gasteiger partial charge in [-0.3, -0.25) is 9.59 Å². The summed E-state index contributed by atoms with van der Waals surface area (Å²) in [5.74, 6) is 0.390. The van der Waals surface area contributed by atoms with Crippen molar-refractivity contribution in [3.05, 3.63) is 23.8 Å². The Labute approximate surface area is 156 Å². The third-order valence-corrected chi connectivity index (χ3v) is 6.06. The fraction of sp³-hybridized carbons (Fsp3) is 0.526. The molecule has 26 heavy (non-hydrogen) atoms. The van der Waals surface area contributed by atoms with E-state index in [4.69, 9.17) is 4.42 Å². The minimum atomic E-state index is -0.290. The molecule has 3 heterocycles. The van der Waals surface area contributed by atoms with E-state index < -0.39 is 0 Å². The number of rotatable bonds is 4. The van der Waals surface area contributed by atoms with Crippen molar-refractivity contribution in [1.29, 1.82) is 0 Å². The lowest BCUT2D eigenvalue weighted by molar-refractivity contribution is -0.130. The van der Waals surface area contributed by atoms with Crippen LogP contribution >= 0.6 is 11.3 Å². The van der Waals surface area contributed by atoms with E-state index in [1.165, 1.54) is 37.0 Å². The fourth-order valence-corrected chi connectivity index (χ4v) is 4.61. The topological polar surface area (TPSA) is 75.4 Å². The molecule has 1 aliphatic carbocycles. The van der Waals surface area contributed by atoms with Gasteiger partial charge in [-0.1, -0.05) is 25.7 Å². The van der Waals surface area contributed by atoms with Crippen LogP contribution in [0.25, 0.3) is 11.5 Å². The number of hydrogen-bond acceptors (Lipinski definition) is 5. The highest BCUT2D eigenvalue weighted by atomic mass is 32.1. The van der Waals surface area contributed by atoms with Gasteiger partial charge in [0.2, 0.25) is 11.8 Å². The second-order valence-corrected chi connectivity index (χ2v) is 7.96. The van der Waals surface area contributed by atoms with E-state index in [1.807, 2.05) is 16.3 Å². The van der Waals surface area contributed by atoms with Crippen LogP contribution < -0.4 is 5.32 Å². The minimum Gasteiger partial charge on any atom is -0.463 e.